The van der Waals surface area contributed by atoms with Crippen molar-refractivity contribution in [1.82, 2.24) is 4.90 Å². The number of carbonyl (C=O) groups excluding carboxylic acids is 1. The summed E-state index contributed by atoms with van der Waals surface area (Å²) in [7, 11) is 1.82. The van der Waals surface area contributed by atoms with Gasteiger partial charge in [0.1, 0.15) is 0 Å². The smallest absolute Gasteiger partial charge is 0.231 e. The van der Waals surface area contributed by atoms with Gasteiger partial charge in [-0.05, 0) is 36.6 Å². The minimum Gasteiger partial charge on any atom is -0.454 e. The molecule has 1 aromatic carbocycles. The first-order chi connectivity index (χ1) is 9.60. The third-order valence-corrected chi connectivity index (χ3v) is 3.54. The molecule has 110 valence electrons. The van der Waals surface area contributed by atoms with Crippen molar-refractivity contribution >= 4 is 5.91 Å². The first kappa shape index (κ1) is 14.7. The van der Waals surface area contributed by atoms with Gasteiger partial charge in [-0.3, -0.25) is 4.79 Å². The van der Waals surface area contributed by atoms with E-state index >= 15 is 0 Å². The van der Waals surface area contributed by atoms with Crippen molar-refractivity contribution in [2.24, 2.45) is 11.7 Å². The molecule has 0 saturated heterocycles. The molecular weight excluding hydrogens is 256 g/mol. The predicted octanol–water partition coefficient (Wildman–Crippen LogP) is 1.75. The summed E-state index contributed by atoms with van der Waals surface area (Å²) in [4.78, 5) is 13.8. The maximum Gasteiger partial charge on any atom is 0.231 e. The summed E-state index contributed by atoms with van der Waals surface area (Å²) >= 11 is 0. The highest BCUT2D eigenvalue weighted by molar-refractivity contribution is 5.75. The van der Waals surface area contributed by atoms with Crippen LogP contribution in [0.5, 0.6) is 11.5 Å². The Balaban J connectivity index is 1.87. The second kappa shape index (κ2) is 6.61. The average molecular weight is 278 g/mol. The highest BCUT2D eigenvalue weighted by atomic mass is 16.7. The minimum atomic E-state index is 0.142. The topological polar surface area (TPSA) is 64.8 Å². The van der Waals surface area contributed by atoms with Gasteiger partial charge in [0.05, 0.1) is 0 Å². The third kappa shape index (κ3) is 3.63. The van der Waals surface area contributed by atoms with Crippen LogP contribution in [0.3, 0.4) is 0 Å². The van der Waals surface area contributed by atoms with E-state index in [0.29, 0.717) is 25.4 Å². The van der Waals surface area contributed by atoms with Crippen LogP contribution >= 0.6 is 0 Å². The first-order valence-electron chi connectivity index (χ1n) is 6.92. The standard InChI is InChI=1S/C15H22N2O3/c1-11(8-16)3-6-15(18)17(2)9-12-4-5-13-14(7-12)20-10-19-13/h4-5,7,11H,3,6,8-10,16H2,1-2H3. The normalized spacial score (nSPS) is 14.2. The van der Waals surface area contributed by atoms with Gasteiger partial charge in [-0.15, -0.1) is 0 Å². The summed E-state index contributed by atoms with van der Waals surface area (Å²) in [6.07, 6.45) is 1.38. The summed E-state index contributed by atoms with van der Waals surface area (Å²) in [5.41, 5.74) is 6.60. The van der Waals surface area contributed by atoms with Crippen LogP contribution in [-0.4, -0.2) is 31.2 Å². The maximum absolute atomic E-state index is 12.0. The van der Waals surface area contributed by atoms with Crippen LogP contribution < -0.4 is 15.2 Å². The molecule has 20 heavy (non-hydrogen) atoms. The van der Waals surface area contributed by atoms with Crippen molar-refractivity contribution < 1.29 is 14.3 Å². The van der Waals surface area contributed by atoms with Crippen LogP contribution in [0.15, 0.2) is 18.2 Å². The fourth-order valence-electron chi connectivity index (χ4n) is 2.08. The van der Waals surface area contributed by atoms with E-state index in [1.54, 1.807) is 4.90 Å². The number of nitrogens with two attached hydrogens (primary N) is 1. The third-order valence-electron chi connectivity index (χ3n) is 3.54. The molecule has 1 atom stereocenters. The maximum atomic E-state index is 12.0. The van der Waals surface area contributed by atoms with Gasteiger partial charge in [0, 0.05) is 20.0 Å². The summed E-state index contributed by atoms with van der Waals surface area (Å²) < 4.78 is 10.6. The monoisotopic (exact) mass is 278 g/mol. The number of hydrogen-bond acceptors (Lipinski definition) is 4. The van der Waals surface area contributed by atoms with Gasteiger partial charge in [0.2, 0.25) is 12.7 Å². The van der Waals surface area contributed by atoms with E-state index < -0.39 is 0 Å². The van der Waals surface area contributed by atoms with E-state index in [2.05, 4.69) is 6.92 Å². The van der Waals surface area contributed by atoms with Gasteiger partial charge in [-0.2, -0.15) is 0 Å². The van der Waals surface area contributed by atoms with Crippen LogP contribution in [0, 0.1) is 5.92 Å². The number of fused-ring (bicyclic) bond motifs is 1. The van der Waals surface area contributed by atoms with Gasteiger partial charge >= 0.3 is 0 Å². The Morgan fingerprint density at radius 1 is 1.40 bits per heavy atom. The average Bonchev–Trinajstić information content (AvgIpc) is 2.91. The van der Waals surface area contributed by atoms with E-state index in [4.69, 9.17) is 15.2 Å². The zero-order valence-corrected chi connectivity index (χ0v) is 12.1. The lowest BCUT2D eigenvalue weighted by atomic mass is 10.1. The largest absolute Gasteiger partial charge is 0.454 e. The Morgan fingerprint density at radius 3 is 2.90 bits per heavy atom. The lowest BCUT2D eigenvalue weighted by Crippen LogP contribution is -2.26. The molecule has 1 aromatic rings. The van der Waals surface area contributed by atoms with E-state index in [0.717, 1.165) is 23.5 Å². The summed E-state index contributed by atoms with van der Waals surface area (Å²) in [5, 5.41) is 0. The zero-order valence-electron chi connectivity index (χ0n) is 12.1. The number of benzene rings is 1. The number of hydrogen-bond donors (Lipinski definition) is 1. The molecule has 1 heterocycles. The number of amides is 1. The quantitative estimate of drug-likeness (QED) is 0.861. The number of nitrogens with zero attached hydrogens (tertiary/aromatic N) is 1. The van der Waals surface area contributed by atoms with Gasteiger partial charge in [0.15, 0.2) is 11.5 Å². The van der Waals surface area contributed by atoms with Crippen LogP contribution in [0.2, 0.25) is 0 Å². The van der Waals surface area contributed by atoms with Crippen molar-refractivity contribution in [3.8, 4) is 11.5 Å². The van der Waals surface area contributed by atoms with Crippen LogP contribution in [0.1, 0.15) is 25.3 Å². The van der Waals surface area contributed by atoms with Crippen molar-refractivity contribution in [2.45, 2.75) is 26.3 Å². The van der Waals surface area contributed by atoms with Gasteiger partial charge in [-0.25, -0.2) is 0 Å². The first-order valence-corrected chi connectivity index (χ1v) is 6.92. The van der Waals surface area contributed by atoms with Crippen LogP contribution in [0.4, 0.5) is 0 Å². The molecule has 0 aromatic heterocycles. The van der Waals surface area contributed by atoms with E-state index in [1.165, 1.54) is 0 Å². The molecule has 0 radical (unpaired) electrons. The van der Waals surface area contributed by atoms with Crippen molar-refractivity contribution in [1.29, 1.82) is 0 Å². The molecule has 5 nitrogen and oxygen atoms in total. The summed E-state index contributed by atoms with van der Waals surface area (Å²) in [6.45, 7) is 3.53. The molecule has 0 bridgehead atoms. The second-order valence-electron chi connectivity index (χ2n) is 5.32. The molecule has 1 amide bonds. The second-order valence-corrected chi connectivity index (χ2v) is 5.32. The minimum absolute atomic E-state index is 0.142. The van der Waals surface area contributed by atoms with Gasteiger partial charge in [0.25, 0.3) is 0 Å². The fraction of sp³-hybridized carbons (Fsp3) is 0.533. The molecule has 0 fully saturated rings. The van der Waals surface area contributed by atoms with Gasteiger partial charge < -0.3 is 20.1 Å². The predicted molar refractivity (Wildman–Crippen MR) is 76.5 cm³/mol. The zero-order chi connectivity index (χ0) is 14.5. The molecule has 0 aliphatic carbocycles. The van der Waals surface area contributed by atoms with Crippen molar-refractivity contribution in [2.75, 3.05) is 20.4 Å². The molecule has 1 aliphatic heterocycles. The number of ether oxygens (including phenoxy) is 2. The Kier molecular flexibility index (Phi) is 4.84. The lowest BCUT2D eigenvalue weighted by Gasteiger charge is -2.18. The Hall–Kier alpha value is -1.75. The molecule has 1 aliphatic rings. The number of carbonyl (C=O) groups is 1. The molecular formula is C15H22N2O3. The number of rotatable bonds is 6. The van der Waals surface area contributed by atoms with Gasteiger partial charge in [-0.1, -0.05) is 13.0 Å². The van der Waals surface area contributed by atoms with Crippen molar-refractivity contribution in [3.05, 3.63) is 23.8 Å². The summed E-state index contributed by atoms with van der Waals surface area (Å²) in [5.74, 6) is 2.04. The van der Waals surface area contributed by atoms with E-state index in [9.17, 15) is 4.79 Å². The van der Waals surface area contributed by atoms with E-state index in [-0.39, 0.29) is 12.7 Å². The van der Waals surface area contributed by atoms with Crippen LogP contribution in [0.25, 0.3) is 0 Å². The van der Waals surface area contributed by atoms with E-state index in [1.807, 2.05) is 25.2 Å². The molecule has 2 rings (SSSR count). The highest BCUT2D eigenvalue weighted by Gasteiger charge is 2.15. The molecule has 1 unspecified atom stereocenters. The SMILES string of the molecule is CC(CN)CCC(=O)N(C)Cc1ccc2c(c1)OCO2. The molecule has 2 N–H and O–H groups in total. The Bertz CT molecular complexity index is 476. The Labute approximate surface area is 119 Å². The summed E-state index contributed by atoms with van der Waals surface area (Å²) in [6, 6.07) is 5.76. The van der Waals surface area contributed by atoms with Crippen LogP contribution in [-0.2, 0) is 11.3 Å². The highest BCUT2D eigenvalue weighted by Crippen LogP contribution is 2.32. The lowest BCUT2D eigenvalue weighted by molar-refractivity contribution is -0.130. The molecule has 5 heteroatoms. The fourth-order valence-corrected chi connectivity index (χ4v) is 2.08. The Morgan fingerprint density at radius 2 is 2.15 bits per heavy atom. The molecule has 0 saturated carbocycles. The molecule has 0 spiro atoms. The van der Waals surface area contributed by atoms with Crippen molar-refractivity contribution in [3.63, 3.8) is 0 Å².